The first-order chi connectivity index (χ1) is 14.6. The summed E-state index contributed by atoms with van der Waals surface area (Å²) in [7, 11) is 0. The molecule has 1 amide bonds. The van der Waals surface area contributed by atoms with Crippen molar-refractivity contribution in [3.8, 4) is 0 Å². The summed E-state index contributed by atoms with van der Waals surface area (Å²) in [5.74, 6) is 0.193. The van der Waals surface area contributed by atoms with Crippen molar-refractivity contribution < 1.29 is 19.4 Å². The van der Waals surface area contributed by atoms with Gasteiger partial charge in [0.1, 0.15) is 5.41 Å². The second-order valence-corrected chi connectivity index (χ2v) is 10.4. The van der Waals surface area contributed by atoms with E-state index in [-0.39, 0.29) is 18.4 Å². The summed E-state index contributed by atoms with van der Waals surface area (Å²) in [5.41, 5.74) is 0.414. The number of hydrogen-bond acceptors (Lipinski definition) is 4. The van der Waals surface area contributed by atoms with Crippen LogP contribution in [0.15, 0.2) is 29.4 Å². The Morgan fingerprint density at radius 2 is 1.81 bits per heavy atom. The molecule has 6 heteroatoms. The molecule has 1 aromatic carbocycles. The van der Waals surface area contributed by atoms with Gasteiger partial charge in [-0.25, -0.2) is 5.01 Å². The second kappa shape index (κ2) is 9.01. The molecule has 1 aliphatic heterocycles. The lowest BCUT2D eigenvalue weighted by Crippen LogP contribution is -2.52. The molecule has 1 aliphatic carbocycles. The van der Waals surface area contributed by atoms with Gasteiger partial charge in [0.25, 0.3) is 5.91 Å². The molecular weight excluding hydrogens is 392 g/mol. The summed E-state index contributed by atoms with van der Waals surface area (Å²) in [6.07, 6.45) is 4.76. The number of carbonyl (C=O) groups excluding carboxylic acids is 1. The van der Waals surface area contributed by atoms with Crippen LogP contribution in [0.25, 0.3) is 0 Å². The van der Waals surface area contributed by atoms with Crippen molar-refractivity contribution in [3.05, 3.63) is 35.4 Å². The van der Waals surface area contributed by atoms with Gasteiger partial charge in [-0.1, -0.05) is 71.7 Å². The number of amides is 1. The Balaban J connectivity index is 1.88. The van der Waals surface area contributed by atoms with Crippen molar-refractivity contribution in [1.82, 2.24) is 5.01 Å². The number of rotatable bonds is 7. The maximum absolute atomic E-state index is 12.7. The first-order valence-corrected chi connectivity index (χ1v) is 11.4. The Labute approximate surface area is 185 Å². The molecule has 1 saturated carbocycles. The van der Waals surface area contributed by atoms with Crippen LogP contribution in [0.2, 0.25) is 0 Å². The van der Waals surface area contributed by atoms with Crippen molar-refractivity contribution in [1.29, 1.82) is 0 Å². The molecule has 0 spiro atoms. The lowest BCUT2D eigenvalue weighted by Gasteiger charge is -2.46. The molecule has 1 N–H and O–H groups in total. The Bertz CT molecular complexity index is 832. The summed E-state index contributed by atoms with van der Waals surface area (Å²) in [6, 6.07) is 7.76. The molecule has 1 atom stereocenters. The van der Waals surface area contributed by atoms with Crippen LogP contribution in [-0.2, 0) is 26.3 Å². The summed E-state index contributed by atoms with van der Waals surface area (Å²) in [6.45, 7) is 10.6. The van der Waals surface area contributed by atoms with Gasteiger partial charge in [0.2, 0.25) is 5.90 Å². The Morgan fingerprint density at radius 1 is 1.19 bits per heavy atom. The average Bonchev–Trinajstić information content (AvgIpc) is 3.19. The highest BCUT2D eigenvalue weighted by Gasteiger charge is 2.55. The standard InChI is InChI=1S/C25H36N2O4/c1-17(2)14-21-26-27(22(28)16-31-21)15-18-10-12-20(13-11-18)25(23(29)30,24(3,4)5)19-8-6-7-9-19/h10-13,17,19H,6-9,14-16H2,1-5H3,(H,29,30). The van der Waals surface area contributed by atoms with Crippen LogP contribution in [-0.4, -0.2) is 34.5 Å². The molecule has 170 valence electrons. The highest BCUT2D eigenvalue weighted by Crippen LogP contribution is 2.52. The molecule has 1 aromatic rings. The van der Waals surface area contributed by atoms with Gasteiger partial charge in [0.15, 0.2) is 6.61 Å². The van der Waals surface area contributed by atoms with Gasteiger partial charge in [0.05, 0.1) is 6.54 Å². The molecule has 3 rings (SSSR count). The number of carboxylic acid groups (broad SMARTS) is 1. The predicted molar refractivity (Wildman–Crippen MR) is 121 cm³/mol. The molecule has 31 heavy (non-hydrogen) atoms. The van der Waals surface area contributed by atoms with Crippen molar-refractivity contribution in [3.63, 3.8) is 0 Å². The third-order valence-electron chi connectivity index (χ3n) is 6.69. The highest BCUT2D eigenvalue weighted by atomic mass is 16.5. The maximum atomic E-state index is 12.7. The van der Waals surface area contributed by atoms with Crippen molar-refractivity contribution in [2.24, 2.45) is 22.4 Å². The lowest BCUT2D eigenvalue weighted by atomic mass is 9.55. The molecule has 1 unspecified atom stereocenters. The number of carboxylic acids is 1. The number of carbonyl (C=O) groups is 2. The summed E-state index contributed by atoms with van der Waals surface area (Å²) in [5, 5.41) is 16.3. The summed E-state index contributed by atoms with van der Waals surface area (Å²) < 4.78 is 5.45. The number of benzene rings is 1. The number of ether oxygens (including phenoxy) is 1. The van der Waals surface area contributed by atoms with Crippen molar-refractivity contribution in [2.45, 2.75) is 78.7 Å². The fraction of sp³-hybridized carbons (Fsp3) is 0.640. The monoisotopic (exact) mass is 428 g/mol. The number of nitrogens with zero attached hydrogens (tertiary/aromatic N) is 2. The van der Waals surface area contributed by atoms with E-state index < -0.39 is 16.8 Å². The van der Waals surface area contributed by atoms with Gasteiger partial charge in [-0.2, -0.15) is 0 Å². The van der Waals surface area contributed by atoms with Gasteiger partial charge in [-0.05, 0) is 41.2 Å². The van der Waals surface area contributed by atoms with E-state index in [0.29, 0.717) is 24.8 Å². The summed E-state index contributed by atoms with van der Waals surface area (Å²) >= 11 is 0. The second-order valence-electron chi connectivity index (χ2n) is 10.4. The molecule has 0 saturated heterocycles. The van der Waals surface area contributed by atoms with Gasteiger partial charge >= 0.3 is 5.97 Å². The van der Waals surface area contributed by atoms with Crippen LogP contribution < -0.4 is 0 Å². The van der Waals surface area contributed by atoms with Crippen LogP contribution in [0.5, 0.6) is 0 Å². The summed E-state index contributed by atoms with van der Waals surface area (Å²) in [4.78, 5) is 25.0. The molecule has 2 aliphatic rings. The Kier molecular flexibility index (Phi) is 6.77. The van der Waals surface area contributed by atoms with Crippen LogP contribution in [0.4, 0.5) is 0 Å². The molecule has 1 fully saturated rings. The van der Waals surface area contributed by atoms with E-state index in [1.165, 1.54) is 5.01 Å². The quantitative estimate of drug-likeness (QED) is 0.665. The van der Waals surface area contributed by atoms with Crippen LogP contribution in [0.1, 0.15) is 77.8 Å². The van der Waals surface area contributed by atoms with Gasteiger partial charge in [-0.3, -0.25) is 9.59 Å². The van der Waals surface area contributed by atoms with Gasteiger partial charge in [0, 0.05) is 6.42 Å². The highest BCUT2D eigenvalue weighted by molar-refractivity contribution is 5.87. The maximum Gasteiger partial charge on any atom is 0.314 e. The third-order valence-corrected chi connectivity index (χ3v) is 6.69. The molecular formula is C25H36N2O4. The molecule has 0 aromatic heterocycles. The first-order valence-electron chi connectivity index (χ1n) is 11.4. The molecule has 6 nitrogen and oxygen atoms in total. The van der Waals surface area contributed by atoms with Crippen LogP contribution in [0, 0.1) is 17.3 Å². The minimum absolute atomic E-state index is 0.0114. The zero-order chi connectivity index (χ0) is 22.8. The lowest BCUT2D eigenvalue weighted by molar-refractivity contribution is -0.152. The largest absolute Gasteiger partial charge is 0.481 e. The fourth-order valence-corrected chi connectivity index (χ4v) is 5.32. The zero-order valence-corrected chi connectivity index (χ0v) is 19.5. The molecule has 1 heterocycles. The van der Waals surface area contributed by atoms with E-state index in [1.54, 1.807) is 0 Å². The smallest absolute Gasteiger partial charge is 0.314 e. The van der Waals surface area contributed by atoms with Crippen LogP contribution in [0.3, 0.4) is 0 Å². The minimum atomic E-state index is -0.931. The number of hydrogen-bond donors (Lipinski definition) is 1. The average molecular weight is 429 g/mol. The minimum Gasteiger partial charge on any atom is -0.481 e. The first kappa shape index (κ1) is 23.3. The fourth-order valence-electron chi connectivity index (χ4n) is 5.32. The van der Waals surface area contributed by atoms with Crippen molar-refractivity contribution >= 4 is 17.8 Å². The van der Waals surface area contributed by atoms with Gasteiger partial charge in [-0.15, -0.1) is 5.10 Å². The van der Waals surface area contributed by atoms with E-state index in [2.05, 4.69) is 18.9 Å². The normalized spacial score (nSPS) is 19.9. The zero-order valence-electron chi connectivity index (χ0n) is 19.5. The predicted octanol–water partition coefficient (Wildman–Crippen LogP) is 4.96. The van der Waals surface area contributed by atoms with E-state index >= 15 is 0 Å². The Hall–Kier alpha value is -2.37. The molecule has 0 bridgehead atoms. The Morgan fingerprint density at radius 3 is 2.32 bits per heavy atom. The molecule has 0 radical (unpaired) electrons. The van der Waals surface area contributed by atoms with E-state index in [9.17, 15) is 14.7 Å². The van der Waals surface area contributed by atoms with E-state index in [1.807, 2.05) is 45.0 Å². The number of aliphatic carboxylic acids is 1. The van der Waals surface area contributed by atoms with E-state index in [0.717, 1.165) is 36.8 Å². The van der Waals surface area contributed by atoms with E-state index in [4.69, 9.17) is 4.74 Å². The van der Waals surface area contributed by atoms with Gasteiger partial charge < -0.3 is 9.84 Å². The number of hydrazone groups is 1. The SMILES string of the molecule is CC(C)CC1=NN(Cc2ccc(C(C(=O)O)(C3CCCC3)C(C)(C)C)cc2)C(=O)CO1. The third kappa shape index (κ3) is 4.63. The topological polar surface area (TPSA) is 79.2 Å². The van der Waals surface area contributed by atoms with Crippen LogP contribution >= 0.6 is 0 Å². The van der Waals surface area contributed by atoms with Crippen molar-refractivity contribution in [2.75, 3.05) is 6.61 Å².